The minimum atomic E-state index is 0.477. The molecule has 1 saturated carbocycles. The highest BCUT2D eigenvalue weighted by atomic mass is 35.5. The number of nitrogens with zero attached hydrogens (tertiary/aromatic N) is 3. The third-order valence-corrected chi connectivity index (χ3v) is 2.84. The molecule has 0 spiro atoms. The van der Waals surface area contributed by atoms with Gasteiger partial charge in [-0.05, 0) is 18.9 Å². The summed E-state index contributed by atoms with van der Waals surface area (Å²) in [5.41, 5.74) is 2.12. The summed E-state index contributed by atoms with van der Waals surface area (Å²) in [5.74, 6) is 1.45. The second kappa shape index (κ2) is 2.95. The van der Waals surface area contributed by atoms with Crippen LogP contribution in [0.25, 0.3) is 11.0 Å². The number of pyridine rings is 1. The first-order valence-corrected chi connectivity index (χ1v) is 5.30. The van der Waals surface area contributed by atoms with Gasteiger partial charge in [-0.3, -0.25) is 4.98 Å². The molecule has 0 amide bonds. The zero-order valence-corrected chi connectivity index (χ0v) is 8.41. The van der Waals surface area contributed by atoms with Crippen molar-refractivity contribution < 1.29 is 0 Å². The second-order valence-electron chi connectivity index (χ2n) is 3.63. The van der Waals surface area contributed by atoms with E-state index in [4.69, 9.17) is 11.6 Å². The van der Waals surface area contributed by atoms with Gasteiger partial charge in [0.05, 0.1) is 23.1 Å². The number of hydrogen-bond donors (Lipinski definition) is 0. The average molecular weight is 208 g/mol. The van der Waals surface area contributed by atoms with Crippen molar-refractivity contribution in [2.45, 2.75) is 24.8 Å². The summed E-state index contributed by atoms with van der Waals surface area (Å²) in [6.45, 7) is 0. The van der Waals surface area contributed by atoms with E-state index in [1.54, 1.807) is 6.20 Å². The molecule has 0 radical (unpaired) electrons. The minimum Gasteiger partial charge on any atom is -0.323 e. The molecule has 0 N–H and O–H groups in total. The fourth-order valence-electron chi connectivity index (χ4n) is 1.83. The first kappa shape index (κ1) is 8.24. The molecule has 4 heteroatoms. The van der Waals surface area contributed by atoms with E-state index in [2.05, 4.69) is 14.5 Å². The molecule has 3 nitrogen and oxygen atoms in total. The van der Waals surface area contributed by atoms with Gasteiger partial charge >= 0.3 is 0 Å². The fourth-order valence-corrected chi connectivity index (χ4v) is 2.01. The predicted octanol–water partition coefficient (Wildman–Crippen LogP) is 2.51. The average Bonchev–Trinajstić information content (AvgIpc) is 2.98. The Bertz CT molecular complexity index is 473. The summed E-state index contributed by atoms with van der Waals surface area (Å²) in [5, 5.41) is 0. The normalized spacial score (nSPS) is 16.4. The van der Waals surface area contributed by atoms with Crippen molar-refractivity contribution >= 4 is 22.6 Å². The largest absolute Gasteiger partial charge is 0.323 e. The molecule has 0 saturated heterocycles. The highest BCUT2D eigenvalue weighted by Crippen LogP contribution is 2.38. The topological polar surface area (TPSA) is 30.7 Å². The predicted molar refractivity (Wildman–Crippen MR) is 55.4 cm³/mol. The number of halogens is 1. The van der Waals surface area contributed by atoms with Gasteiger partial charge in [0.15, 0.2) is 0 Å². The number of alkyl halides is 1. The molecule has 0 aromatic carbocycles. The molecular weight excluding hydrogens is 198 g/mol. The minimum absolute atomic E-state index is 0.477. The van der Waals surface area contributed by atoms with Crippen LogP contribution in [-0.4, -0.2) is 14.5 Å². The van der Waals surface area contributed by atoms with E-state index in [1.165, 1.54) is 12.8 Å². The van der Waals surface area contributed by atoms with E-state index in [-0.39, 0.29) is 0 Å². The summed E-state index contributed by atoms with van der Waals surface area (Å²) < 4.78 is 2.23. The van der Waals surface area contributed by atoms with Crippen molar-refractivity contribution in [2.75, 3.05) is 0 Å². The molecule has 2 aromatic rings. The third-order valence-electron chi connectivity index (χ3n) is 2.60. The van der Waals surface area contributed by atoms with Gasteiger partial charge in [0.2, 0.25) is 0 Å². The van der Waals surface area contributed by atoms with E-state index in [9.17, 15) is 0 Å². The molecule has 1 aliphatic rings. The molecule has 72 valence electrons. The van der Waals surface area contributed by atoms with Gasteiger partial charge in [-0.25, -0.2) is 4.98 Å². The van der Waals surface area contributed by atoms with Crippen molar-refractivity contribution in [1.29, 1.82) is 0 Å². The number of hydrogen-bond acceptors (Lipinski definition) is 2. The molecule has 2 aromatic heterocycles. The fraction of sp³-hybridized carbons (Fsp3) is 0.400. The van der Waals surface area contributed by atoms with Crippen molar-refractivity contribution in [2.24, 2.45) is 0 Å². The standard InChI is InChI=1S/C10H10ClN3/c11-5-10-13-8-3-4-12-6-9(8)14(10)7-1-2-7/h3-4,6-7H,1-2,5H2. The molecule has 2 heterocycles. The summed E-state index contributed by atoms with van der Waals surface area (Å²) in [4.78, 5) is 8.61. The monoisotopic (exact) mass is 207 g/mol. The van der Waals surface area contributed by atoms with Crippen molar-refractivity contribution in [3.8, 4) is 0 Å². The van der Waals surface area contributed by atoms with Crippen LogP contribution in [0.5, 0.6) is 0 Å². The van der Waals surface area contributed by atoms with Gasteiger partial charge in [0, 0.05) is 12.2 Å². The van der Waals surface area contributed by atoms with Gasteiger partial charge in [-0.15, -0.1) is 11.6 Å². The van der Waals surface area contributed by atoms with E-state index >= 15 is 0 Å². The van der Waals surface area contributed by atoms with Crippen LogP contribution in [0.1, 0.15) is 24.7 Å². The van der Waals surface area contributed by atoms with Crippen LogP contribution in [-0.2, 0) is 5.88 Å². The molecule has 3 rings (SSSR count). The Morgan fingerprint density at radius 2 is 2.36 bits per heavy atom. The Morgan fingerprint density at radius 3 is 3.07 bits per heavy atom. The SMILES string of the molecule is ClCc1nc2ccncc2n1C1CC1. The van der Waals surface area contributed by atoms with Crippen LogP contribution in [0.3, 0.4) is 0 Å². The van der Waals surface area contributed by atoms with E-state index in [1.807, 2.05) is 12.3 Å². The first-order valence-electron chi connectivity index (χ1n) is 4.77. The maximum atomic E-state index is 5.87. The number of fused-ring (bicyclic) bond motifs is 1. The van der Waals surface area contributed by atoms with Crippen LogP contribution < -0.4 is 0 Å². The molecule has 0 bridgehead atoms. The van der Waals surface area contributed by atoms with E-state index < -0.39 is 0 Å². The van der Waals surface area contributed by atoms with Crippen LogP contribution in [0.2, 0.25) is 0 Å². The quantitative estimate of drug-likeness (QED) is 0.709. The van der Waals surface area contributed by atoms with Gasteiger partial charge < -0.3 is 4.57 Å². The Balaban J connectivity index is 2.29. The summed E-state index contributed by atoms with van der Waals surface area (Å²) in [6.07, 6.45) is 6.12. The summed E-state index contributed by atoms with van der Waals surface area (Å²) >= 11 is 5.87. The van der Waals surface area contributed by atoms with Crippen LogP contribution >= 0.6 is 11.6 Å². The van der Waals surface area contributed by atoms with Crippen LogP contribution in [0.4, 0.5) is 0 Å². The lowest BCUT2D eigenvalue weighted by Gasteiger charge is -2.03. The highest BCUT2D eigenvalue weighted by molar-refractivity contribution is 6.16. The van der Waals surface area contributed by atoms with Gasteiger partial charge in [-0.2, -0.15) is 0 Å². The summed E-state index contributed by atoms with van der Waals surface area (Å²) in [6, 6.07) is 2.54. The summed E-state index contributed by atoms with van der Waals surface area (Å²) in [7, 11) is 0. The zero-order valence-electron chi connectivity index (χ0n) is 7.65. The molecule has 14 heavy (non-hydrogen) atoms. The number of aromatic nitrogens is 3. The Morgan fingerprint density at radius 1 is 1.50 bits per heavy atom. The Kier molecular flexibility index (Phi) is 1.74. The molecule has 1 aliphatic carbocycles. The lowest BCUT2D eigenvalue weighted by atomic mass is 10.4. The van der Waals surface area contributed by atoms with Gasteiger partial charge in [0.1, 0.15) is 5.82 Å². The maximum Gasteiger partial charge on any atom is 0.125 e. The van der Waals surface area contributed by atoms with Gasteiger partial charge in [0.25, 0.3) is 0 Å². The van der Waals surface area contributed by atoms with Crippen molar-refractivity contribution in [3.63, 3.8) is 0 Å². The van der Waals surface area contributed by atoms with Crippen molar-refractivity contribution in [3.05, 3.63) is 24.3 Å². The molecular formula is C10H10ClN3. The number of rotatable bonds is 2. The highest BCUT2D eigenvalue weighted by Gasteiger charge is 2.27. The Labute approximate surface area is 86.7 Å². The van der Waals surface area contributed by atoms with Crippen molar-refractivity contribution in [1.82, 2.24) is 14.5 Å². The maximum absolute atomic E-state index is 5.87. The first-order chi connectivity index (χ1) is 6.90. The molecule has 1 fully saturated rings. The van der Waals surface area contributed by atoms with Crippen LogP contribution in [0.15, 0.2) is 18.5 Å². The van der Waals surface area contributed by atoms with E-state index in [0.29, 0.717) is 11.9 Å². The lowest BCUT2D eigenvalue weighted by molar-refractivity contribution is 0.727. The molecule has 0 unspecified atom stereocenters. The van der Waals surface area contributed by atoms with Gasteiger partial charge in [-0.1, -0.05) is 0 Å². The van der Waals surface area contributed by atoms with Crippen LogP contribution in [0, 0.1) is 0 Å². The smallest absolute Gasteiger partial charge is 0.125 e. The third kappa shape index (κ3) is 1.12. The van der Waals surface area contributed by atoms with E-state index in [0.717, 1.165) is 16.9 Å². The molecule has 0 aliphatic heterocycles. The lowest BCUT2D eigenvalue weighted by Crippen LogP contribution is -1.98. The molecule has 0 atom stereocenters. The zero-order chi connectivity index (χ0) is 9.54. The Hall–Kier alpha value is -1.09. The number of imidazole rings is 1. The second-order valence-corrected chi connectivity index (χ2v) is 3.89.